The lowest BCUT2D eigenvalue weighted by molar-refractivity contribution is -0.00840. The zero-order valence-electron chi connectivity index (χ0n) is 10.7. The first kappa shape index (κ1) is 13.3. The van der Waals surface area contributed by atoms with E-state index in [9.17, 15) is 9.90 Å². The molecule has 4 heteroatoms. The normalized spacial score (nSPS) is 26.7. The van der Waals surface area contributed by atoms with Gasteiger partial charge in [-0.3, -0.25) is 0 Å². The lowest BCUT2D eigenvalue weighted by Gasteiger charge is -2.38. The summed E-state index contributed by atoms with van der Waals surface area (Å²) >= 11 is 0. The summed E-state index contributed by atoms with van der Waals surface area (Å²) in [6, 6.07) is 0.110. The Morgan fingerprint density at radius 3 is 2.62 bits per heavy atom. The monoisotopic (exact) mass is 229 g/mol. The minimum Gasteiger partial charge on any atom is -0.444 e. The predicted molar refractivity (Wildman–Crippen MR) is 62.3 cm³/mol. The van der Waals surface area contributed by atoms with Crippen LogP contribution < -0.4 is 0 Å². The topological polar surface area (TPSA) is 49.8 Å². The molecule has 4 nitrogen and oxygen atoms in total. The molecule has 0 aromatic carbocycles. The highest BCUT2D eigenvalue weighted by atomic mass is 16.6. The van der Waals surface area contributed by atoms with Gasteiger partial charge in [-0.15, -0.1) is 0 Å². The molecule has 0 saturated carbocycles. The number of hydrogen-bond acceptors (Lipinski definition) is 3. The van der Waals surface area contributed by atoms with Crippen LogP contribution in [0.3, 0.4) is 0 Å². The van der Waals surface area contributed by atoms with E-state index in [0.717, 1.165) is 6.42 Å². The smallest absolute Gasteiger partial charge is 0.410 e. The van der Waals surface area contributed by atoms with E-state index in [1.807, 2.05) is 27.7 Å². The second-order valence-corrected chi connectivity index (χ2v) is 5.41. The highest BCUT2D eigenvalue weighted by Crippen LogP contribution is 2.22. The van der Waals surface area contributed by atoms with Crippen molar-refractivity contribution < 1.29 is 14.6 Å². The van der Waals surface area contributed by atoms with Gasteiger partial charge in [-0.25, -0.2) is 4.79 Å². The fraction of sp³-hybridized carbons (Fsp3) is 0.917. The van der Waals surface area contributed by atoms with E-state index in [0.29, 0.717) is 19.4 Å². The number of likely N-dealkylation sites (tertiary alicyclic amines) is 1. The maximum atomic E-state index is 11.9. The van der Waals surface area contributed by atoms with Gasteiger partial charge < -0.3 is 14.7 Å². The van der Waals surface area contributed by atoms with Crippen molar-refractivity contribution in [2.75, 3.05) is 6.54 Å². The third-order valence-electron chi connectivity index (χ3n) is 2.79. The molecule has 1 fully saturated rings. The SMILES string of the molecule is CCC1C[C@@H](O)CCN1C(=O)OC(C)(C)C. The fourth-order valence-electron chi connectivity index (χ4n) is 1.98. The highest BCUT2D eigenvalue weighted by Gasteiger charge is 2.32. The molecule has 1 rings (SSSR count). The Labute approximate surface area is 97.6 Å². The first-order valence-electron chi connectivity index (χ1n) is 6.01. The molecule has 1 unspecified atom stereocenters. The number of piperidine rings is 1. The van der Waals surface area contributed by atoms with Crippen molar-refractivity contribution in [1.82, 2.24) is 4.90 Å². The molecule has 2 atom stereocenters. The lowest BCUT2D eigenvalue weighted by atomic mass is 9.98. The van der Waals surface area contributed by atoms with Crippen LogP contribution in [0.2, 0.25) is 0 Å². The van der Waals surface area contributed by atoms with E-state index in [1.165, 1.54) is 0 Å². The Morgan fingerprint density at radius 1 is 1.50 bits per heavy atom. The van der Waals surface area contributed by atoms with Crippen molar-refractivity contribution in [3.63, 3.8) is 0 Å². The number of ether oxygens (including phenoxy) is 1. The van der Waals surface area contributed by atoms with Crippen LogP contribution in [0.4, 0.5) is 4.79 Å². The van der Waals surface area contributed by atoms with Gasteiger partial charge in [0.2, 0.25) is 0 Å². The van der Waals surface area contributed by atoms with Crippen LogP contribution in [0.1, 0.15) is 47.0 Å². The van der Waals surface area contributed by atoms with Gasteiger partial charge in [-0.2, -0.15) is 0 Å². The summed E-state index contributed by atoms with van der Waals surface area (Å²) in [5.41, 5.74) is -0.453. The number of hydrogen-bond donors (Lipinski definition) is 1. The molecular formula is C12H23NO3. The Balaban J connectivity index is 2.60. The summed E-state index contributed by atoms with van der Waals surface area (Å²) in [5.74, 6) is 0. The molecule has 94 valence electrons. The first-order valence-corrected chi connectivity index (χ1v) is 6.01. The summed E-state index contributed by atoms with van der Waals surface area (Å²) in [4.78, 5) is 13.7. The van der Waals surface area contributed by atoms with Crippen molar-refractivity contribution in [1.29, 1.82) is 0 Å². The fourth-order valence-corrected chi connectivity index (χ4v) is 1.98. The van der Waals surface area contributed by atoms with Crippen molar-refractivity contribution in [3.05, 3.63) is 0 Å². The minimum atomic E-state index is -0.453. The van der Waals surface area contributed by atoms with Gasteiger partial charge in [-0.05, 0) is 40.0 Å². The second-order valence-electron chi connectivity index (χ2n) is 5.41. The van der Waals surface area contributed by atoms with E-state index in [-0.39, 0.29) is 18.2 Å². The maximum Gasteiger partial charge on any atom is 0.410 e. The second kappa shape index (κ2) is 5.04. The van der Waals surface area contributed by atoms with Crippen molar-refractivity contribution in [3.8, 4) is 0 Å². The molecule has 1 saturated heterocycles. The van der Waals surface area contributed by atoms with Crippen LogP contribution in [-0.4, -0.2) is 40.4 Å². The first-order chi connectivity index (χ1) is 7.33. The maximum absolute atomic E-state index is 11.9. The number of carbonyl (C=O) groups excluding carboxylic acids is 1. The standard InChI is InChI=1S/C12H23NO3/c1-5-9-8-10(14)6-7-13(9)11(15)16-12(2,3)4/h9-10,14H,5-8H2,1-4H3/t9?,10-/m0/s1. The van der Waals surface area contributed by atoms with Crippen molar-refractivity contribution >= 4 is 6.09 Å². The summed E-state index contributed by atoms with van der Waals surface area (Å²) < 4.78 is 5.35. The van der Waals surface area contributed by atoms with E-state index in [4.69, 9.17) is 4.74 Å². The van der Waals surface area contributed by atoms with Crippen LogP contribution in [0.15, 0.2) is 0 Å². The molecular weight excluding hydrogens is 206 g/mol. The molecule has 1 heterocycles. The molecule has 0 aromatic heterocycles. The Kier molecular flexibility index (Phi) is 4.19. The summed E-state index contributed by atoms with van der Waals surface area (Å²) in [6.07, 6.45) is 1.64. The lowest BCUT2D eigenvalue weighted by Crippen LogP contribution is -2.49. The van der Waals surface area contributed by atoms with E-state index in [1.54, 1.807) is 4.90 Å². The van der Waals surface area contributed by atoms with Gasteiger partial charge in [0, 0.05) is 12.6 Å². The zero-order chi connectivity index (χ0) is 12.3. The highest BCUT2D eigenvalue weighted by molar-refractivity contribution is 5.68. The molecule has 0 bridgehead atoms. The molecule has 0 aromatic rings. The third-order valence-corrected chi connectivity index (χ3v) is 2.79. The molecule has 16 heavy (non-hydrogen) atoms. The van der Waals surface area contributed by atoms with E-state index in [2.05, 4.69) is 0 Å². The van der Waals surface area contributed by atoms with Gasteiger partial charge in [0.15, 0.2) is 0 Å². The largest absolute Gasteiger partial charge is 0.444 e. The molecule has 0 spiro atoms. The van der Waals surface area contributed by atoms with Gasteiger partial charge in [-0.1, -0.05) is 6.92 Å². The number of aliphatic hydroxyl groups is 1. The third kappa shape index (κ3) is 3.67. The van der Waals surface area contributed by atoms with Crippen LogP contribution in [0.25, 0.3) is 0 Å². The average molecular weight is 229 g/mol. The molecule has 0 radical (unpaired) electrons. The quantitative estimate of drug-likeness (QED) is 0.749. The summed E-state index contributed by atoms with van der Waals surface area (Å²) in [7, 11) is 0. The van der Waals surface area contributed by atoms with Gasteiger partial charge in [0.1, 0.15) is 5.60 Å². The van der Waals surface area contributed by atoms with Gasteiger partial charge in [0.25, 0.3) is 0 Å². The number of amides is 1. The Bertz CT molecular complexity index is 247. The minimum absolute atomic E-state index is 0.110. The van der Waals surface area contributed by atoms with Crippen LogP contribution >= 0.6 is 0 Å². The van der Waals surface area contributed by atoms with E-state index >= 15 is 0 Å². The molecule has 0 aliphatic carbocycles. The number of aliphatic hydroxyl groups excluding tert-OH is 1. The molecule has 1 N–H and O–H groups in total. The van der Waals surface area contributed by atoms with Crippen LogP contribution in [-0.2, 0) is 4.74 Å². The van der Waals surface area contributed by atoms with Gasteiger partial charge in [0.05, 0.1) is 6.10 Å². The van der Waals surface area contributed by atoms with E-state index < -0.39 is 5.60 Å². The number of carbonyl (C=O) groups is 1. The van der Waals surface area contributed by atoms with Crippen molar-refractivity contribution in [2.45, 2.75) is 64.7 Å². The Morgan fingerprint density at radius 2 is 2.12 bits per heavy atom. The molecule has 1 aliphatic heterocycles. The summed E-state index contributed by atoms with van der Waals surface area (Å²) in [6.45, 7) is 8.22. The number of rotatable bonds is 1. The Hall–Kier alpha value is -0.770. The number of nitrogens with zero attached hydrogens (tertiary/aromatic N) is 1. The van der Waals surface area contributed by atoms with Crippen LogP contribution in [0, 0.1) is 0 Å². The molecule has 1 aliphatic rings. The van der Waals surface area contributed by atoms with Gasteiger partial charge >= 0.3 is 6.09 Å². The van der Waals surface area contributed by atoms with Crippen LogP contribution in [0.5, 0.6) is 0 Å². The zero-order valence-corrected chi connectivity index (χ0v) is 10.7. The average Bonchev–Trinajstić information content (AvgIpc) is 2.14. The van der Waals surface area contributed by atoms with Crippen molar-refractivity contribution in [2.24, 2.45) is 0 Å². The summed E-state index contributed by atoms with van der Waals surface area (Å²) in [5, 5.41) is 9.56. The predicted octanol–water partition coefficient (Wildman–Crippen LogP) is 2.16. The molecule has 1 amide bonds.